The van der Waals surface area contributed by atoms with Gasteiger partial charge in [-0.05, 0) is 61.1 Å². The number of Topliss-reactive ketones (excluding diaryl/α,β-unsaturated/α-hetero) is 2. The second-order valence-electron chi connectivity index (χ2n) is 12.9. The van der Waals surface area contributed by atoms with E-state index in [4.69, 9.17) is 22.3 Å². The Labute approximate surface area is 361 Å². The van der Waals surface area contributed by atoms with Crippen LogP contribution in [0.25, 0.3) is 22.5 Å². The number of nitrogens with one attached hydrogen (secondary N) is 1. The third kappa shape index (κ3) is 15.1. The van der Waals surface area contributed by atoms with Crippen LogP contribution in [0.15, 0.2) is 120 Å². The highest BCUT2D eigenvalue weighted by atomic mass is 32.2. The molecule has 0 radical (unpaired) electrons. The van der Waals surface area contributed by atoms with Gasteiger partial charge in [0.15, 0.2) is 11.6 Å². The molecule has 2 aromatic heterocycles. The maximum Gasteiger partial charge on any atom is 0.337 e. The lowest BCUT2D eigenvalue weighted by Crippen LogP contribution is -2.42. The van der Waals surface area contributed by atoms with Gasteiger partial charge in [-0.15, -0.1) is 22.7 Å². The second-order valence-corrected chi connectivity index (χ2v) is 16.8. The van der Waals surface area contributed by atoms with Crippen LogP contribution in [0.4, 0.5) is 11.4 Å². The number of aromatic carboxylic acids is 1. The summed E-state index contributed by atoms with van der Waals surface area (Å²) in [4.78, 5) is 57.0. The molecule has 59 heavy (non-hydrogen) atoms. The van der Waals surface area contributed by atoms with Gasteiger partial charge >= 0.3 is 5.97 Å². The number of carboxylic acids is 1. The van der Waals surface area contributed by atoms with Crippen LogP contribution >= 0.6 is 46.2 Å². The van der Waals surface area contributed by atoms with Crippen LogP contribution in [0.1, 0.15) is 43.6 Å². The smallest absolute Gasteiger partial charge is 0.337 e. The van der Waals surface area contributed by atoms with Crippen LogP contribution in [0.3, 0.4) is 0 Å². The fraction of sp³-hybridized carbons (Fsp3) is 0.227. The fourth-order valence-electron chi connectivity index (χ4n) is 5.41. The van der Waals surface area contributed by atoms with Crippen LogP contribution in [-0.2, 0) is 22.4 Å². The summed E-state index contributed by atoms with van der Waals surface area (Å²) in [5.41, 5.74) is 22.2. The van der Waals surface area contributed by atoms with E-state index >= 15 is 0 Å². The Hall–Kier alpha value is -5.32. The highest BCUT2D eigenvalue weighted by Crippen LogP contribution is 2.24. The number of anilines is 2. The van der Waals surface area contributed by atoms with Gasteiger partial charge in [-0.1, -0.05) is 84.9 Å². The molecule has 6 rings (SSSR count). The number of nitrogen functional groups attached to an aromatic ring is 2. The Morgan fingerprint density at radius 1 is 0.644 bits per heavy atom. The van der Waals surface area contributed by atoms with Gasteiger partial charge in [0.05, 0.1) is 47.4 Å². The molecule has 0 fully saturated rings. The number of benzene rings is 4. The van der Waals surface area contributed by atoms with E-state index in [2.05, 4.69) is 15.3 Å². The number of aromatic nitrogens is 2. The van der Waals surface area contributed by atoms with Crippen molar-refractivity contribution < 1.29 is 24.3 Å². The van der Waals surface area contributed by atoms with E-state index in [0.29, 0.717) is 29.8 Å². The summed E-state index contributed by atoms with van der Waals surface area (Å²) in [6, 6.07) is 32.1. The molecule has 308 valence electrons. The molecule has 0 aliphatic carbocycles. The van der Waals surface area contributed by atoms with Crippen LogP contribution in [0.5, 0.6) is 0 Å². The molecule has 15 heteroatoms. The lowest BCUT2D eigenvalue weighted by molar-refractivity contribution is -0.120. The minimum absolute atomic E-state index is 0.0455. The van der Waals surface area contributed by atoms with Crippen molar-refractivity contribution >= 4 is 81.0 Å². The summed E-state index contributed by atoms with van der Waals surface area (Å²) in [6.07, 6.45) is 5.83. The highest BCUT2D eigenvalue weighted by molar-refractivity contribution is 7.98. The van der Waals surface area contributed by atoms with Gasteiger partial charge in [0.25, 0.3) is 5.91 Å². The first-order valence-corrected chi connectivity index (χ1v) is 23.1. The second kappa shape index (κ2) is 24.6. The molecule has 0 saturated carbocycles. The maximum absolute atomic E-state index is 12.9. The molecule has 11 nitrogen and oxygen atoms in total. The SMILES string of the molecule is CSCC[C@H](N)C(=O)Cc1nc(-c2ccccc2)cs1.CSCC[C@H](NC(=O)c1ccccc1N)C(=O)Cc1nc(-c2ccccc2)cs1.Nc1ccccc1C(=O)O. The van der Waals surface area contributed by atoms with Crippen molar-refractivity contribution in [1.29, 1.82) is 0 Å². The summed E-state index contributed by atoms with van der Waals surface area (Å²) in [5.74, 6) is 0.405. The first-order chi connectivity index (χ1) is 28.5. The molecule has 8 N–H and O–H groups in total. The Balaban J connectivity index is 0.000000220. The predicted octanol–water partition coefficient (Wildman–Crippen LogP) is 8.02. The number of carbonyl (C=O) groups excluding carboxylic acids is 3. The Morgan fingerprint density at radius 2 is 1.08 bits per heavy atom. The van der Waals surface area contributed by atoms with Crippen LogP contribution < -0.4 is 22.5 Å². The Kier molecular flexibility index (Phi) is 19.3. The minimum atomic E-state index is -0.988. The zero-order valence-electron chi connectivity index (χ0n) is 32.8. The zero-order valence-corrected chi connectivity index (χ0v) is 36.1. The standard InChI is InChI=1S/C22H23N3O2S2.C15H18N2OS2.C7H7NO2/c1-28-12-11-18(25-22(27)16-9-5-6-10-17(16)23)20(26)13-21-24-19(14-29-21)15-7-3-2-4-8-15;1-19-8-7-12(16)14(18)9-15-17-13(10-20-15)11-5-3-2-4-6-11;8-6-4-2-1-3-5(6)7(9)10/h2-10,14,18H,11-13,23H2,1H3,(H,25,27);2-6,10,12H,7-9,16H2,1H3;1-4H,8H2,(H,9,10)/t18-;12-;/m00./s1. The largest absolute Gasteiger partial charge is 0.478 e. The summed E-state index contributed by atoms with van der Waals surface area (Å²) in [6.45, 7) is 0. The third-order valence-corrected chi connectivity index (χ3v) is 11.6. The van der Waals surface area contributed by atoms with Crippen LogP contribution in [-0.4, -0.2) is 74.6 Å². The molecule has 2 atom stereocenters. The summed E-state index contributed by atoms with van der Waals surface area (Å²) < 4.78 is 0. The molecular weight excluding hydrogens is 821 g/mol. The summed E-state index contributed by atoms with van der Waals surface area (Å²) in [7, 11) is 0. The number of ketones is 2. The van der Waals surface area contributed by atoms with E-state index in [-0.39, 0.29) is 35.5 Å². The molecule has 6 aromatic rings. The number of carboxylic acid groups (broad SMARTS) is 1. The van der Waals surface area contributed by atoms with Crippen LogP contribution in [0.2, 0.25) is 0 Å². The van der Waals surface area contributed by atoms with Gasteiger partial charge < -0.3 is 27.6 Å². The van der Waals surface area contributed by atoms with Crippen molar-refractivity contribution in [3.8, 4) is 22.5 Å². The van der Waals surface area contributed by atoms with E-state index in [1.54, 1.807) is 66.0 Å². The molecule has 0 saturated heterocycles. The van der Waals surface area contributed by atoms with Crippen molar-refractivity contribution in [2.75, 3.05) is 35.5 Å². The molecule has 1 amide bonds. The van der Waals surface area contributed by atoms with Gasteiger partial charge in [-0.25, -0.2) is 14.8 Å². The zero-order chi connectivity index (χ0) is 42.6. The molecule has 0 unspecified atom stereocenters. The number of nitrogens with zero attached hydrogens (tertiary/aromatic N) is 2. The van der Waals surface area contributed by atoms with E-state index in [1.807, 2.05) is 83.9 Å². The number of carbonyl (C=O) groups is 4. The van der Waals surface area contributed by atoms with Gasteiger partial charge in [0.2, 0.25) is 0 Å². The van der Waals surface area contributed by atoms with Crippen molar-refractivity contribution in [3.05, 3.63) is 141 Å². The summed E-state index contributed by atoms with van der Waals surface area (Å²) in [5, 5.41) is 16.9. The van der Waals surface area contributed by atoms with Gasteiger partial charge in [-0.2, -0.15) is 23.5 Å². The predicted molar refractivity (Wildman–Crippen MR) is 246 cm³/mol. The van der Waals surface area contributed by atoms with Gasteiger partial charge in [0.1, 0.15) is 10.0 Å². The normalized spacial score (nSPS) is 11.5. The highest BCUT2D eigenvalue weighted by Gasteiger charge is 2.23. The van der Waals surface area contributed by atoms with Crippen molar-refractivity contribution in [1.82, 2.24) is 15.3 Å². The first-order valence-electron chi connectivity index (χ1n) is 18.5. The van der Waals surface area contributed by atoms with Gasteiger partial charge in [-0.3, -0.25) is 14.4 Å². The lowest BCUT2D eigenvalue weighted by atomic mass is 10.1. The van der Waals surface area contributed by atoms with Crippen molar-refractivity contribution in [2.45, 2.75) is 37.8 Å². The number of rotatable bonds is 17. The minimum Gasteiger partial charge on any atom is -0.478 e. The Morgan fingerprint density at radius 3 is 1.54 bits per heavy atom. The molecular formula is C44H48N6O5S4. The van der Waals surface area contributed by atoms with Gasteiger partial charge in [0, 0.05) is 33.3 Å². The van der Waals surface area contributed by atoms with Crippen LogP contribution in [0, 0.1) is 0 Å². The number of para-hydroxylation sites is 2. The lowest BCUT2D eigenvalue weighted by Gasteiger charge is -2.17. The molecule has 0 spiro atoms. The number of hydrogen-bond acceptors (Lipinski definition) is 13. The van der Waals surface area contributed by atoms with Crippen molar-refractivity contribution in [3.63, 3.8) is 0 Å². The average Bonchev–Trinajstić information content (AvgIpc) is 3.93. The fourth-order valence-corrected chi connectivity index (χ4v) is 7.99. The number of thiazole rings is 2. The van der Waals surface area contributed by atoms with E-state index < -0.39 is 12.0 Å². The number of amides is 1. The summed E-state index contributed by atoms with van der Waals surface area (Å²) >= 11 is 6.33. The maximum atomic E-state index is 12.9. The van der Waals surface area contributed by atoms with Crippen molar-refractivity contribution in [2.24, 2.45) is 5.73 Å². The molecule has 0 aliphatic heterocycles. The number of thioether (sulfide) groups is 2. The molecule has 0 bridgehead atoms. The molecule has 4 aromatic carbocycles. The molecule has 2 heterocycles. The topological polar surface area (TPSA) is 204 Å². The first kappa shape index (κ1) is 46.4. The van der Waals surface area contributed by atoms with E-state index in [9.17, 15) is 19.2 Å². The number of hydrogen-bond donors (Lipinski definition) is 5. The number of nitrogens with two attached hydrogens (primary N) is 3. The average molecular weight is 869 g/mol. The quantitative estimate of drug-likeness (QED) is 0.0553. The van der Waals surface area contributed by atoms with E-state index in [1.165, 1.54) is 28.7 Å². The monoisotopic (exact) mass is 868 g/mol. The van der Waals surface area contributed by atoms with E-state index in [0.717, 1.165) is 50.5 Å². The molecule has 0 aliphatic rings. The Bertz CT molecular complexity index is 2250. The third-order valence-electron chi connectivity index (χ3n) is 8.64.